The second kappa shape index (κ2) is 7.17. The molecule has 3 N–H and O–H groups in total. The molecular formula is C27H45NO3. The lowest BCUT2D eigenvalue weighted by Gasteiger charge is -2.59. The molecular weight excluding hydrogens is 386 g/mol. The van der Waals surface area contributed by atoms with Crippen molar-refractivity contribution in [3.63, 3.8) is 0 Å². The molecule has 13 atom stereocenters. The summed E-state index contributed by atoms with van der Waals surface area (Å²) in [7, 11) is 0. The van der Waals surface area contributed by atoms with Crippen LogP contribution in [0.3, 0.4) is 0 Å². The largest absolute Gasteiger partial charge is 0.393 e. The minimum absolute atomic E-state index is 0.0760. The van der Waals surface area contributed by atoms with Crippen LogP contribution >= 0.6 is 0 Å². The van der Waals surface area contributed by atoms with Gasteiger partial charge in [0.2, 0.25) is 0 Å². The molecule has 4 aliphatic carbocycles. The van der Waals surface area contributed by atoms with Crippen molar-refractivity contribution >= 4 is 0 Å². The van der Waals surface area contributed by atoms with Gasteiger partial charge in [0.05, 0.1) is 17.8 Å². The number of nitrogens with zero attached hydrogens (tertiary/aromatic N) is 1. The van der Waals surface area contributed by atoms with Crippen LogP contribution < -0.4 is 0 Å². The van der Waals surface area contributed by atoms with Crippen molar-refractivity contribution in [2.24, 2.45) is 52.8 Å². The number of fused-ring (bicyclic) bond motifs is 8. The van der Waals surface area contributed by atoms with E-state index in [4.69, 9.17) is 0 Å². The number of aliphatic hydroxyl groups excluding tert-OH is 2. The highest BCUT2D eigenvalue weighted by molar-refractivity contribution is 5.17. The Kier molecular flexibility index (Phi) is 4.94. The zero-order chi connectivity index (χ0) is 21.7. The lowest BCUT2D eigenvalue weighted by atomic mass is 9.50. The van der Waals surface area contributed by atoms with E-state index in [0.29, 0.717) is 17.8 Å². The van der Waals surface area contributed by atoms with E-state index >= 15 is 0 Å². The fraction of sp³-hybridized carbons (Fsp3) is 1.00. The zero-order valence-corrected chi connectivity index (χ0v) is 19.9. The Morgan fingerprint density at radius 1 is 0.774 bits per heavy atom. The van der Waals surface area contributed by atoms with Crippen LogP contribution in [0.1, 0.15) is 78.6 Å². The van der Waals surface area contributed by atoms with Gasteiger partial charge in [0.25, 0.3) is 0 Å². The lowest BCUT2D eigenvalue weighted by molar-refractivity contribution is -0.176. The van der Waals surface area contributed by atoms with Gasteiger partial charge in [-0.2, -0.15) is 0 Å². The van der Waals surface area contributed by atoms with Crippen molar-refractivity contribution in [1.29, 1.82) is 0 Å². The second-order valence-corrected chi connectivity index (χ2v) is 13.3. The van der Waals surface area contributed by atoms with Crippen LogP contribution in [-0.2, 0) is 0 Å². The van der Waals surface area contributed by atoms with E-state index in [1.165, 1.54) is 32.4 Å². The summed E-state index contributed by atoms with van der Waals surface area (Å²) in [4.78, 5) is 2.81. The fourth-order valence-corrected chi connectivity index (χ4v) is 10.6. The second-order valence-electron chi connectivity index (χ2n) is 13.3. The molecule has 6 aliphatic rings. The van der Waals surface area contributed by atoms with Crippen LogP contribution in [0.5, 0.6) is 0 Å². The van der Waals surface area contributed by atoms with E-state index in [-0.39, 0.29) is 29.5 Å². The number of aliphatic hydroxyl groups is 3. The van der Waals surface area contributed by atoms with Gasteiger partial charge in [0.1, 0.15) is 0 Å². The molecule has 0 aromatic rings. The van der Waals surface area contributed by atoms with Crippen molar-refractivity contribution in [2.45, 2.75) is 102 Å². The van der Waals surface area contributed by atoms with E-state index in [0.717, 1.165) is 62.3 Å². The summed E-state index contributed by atoms with van der Waals surface area (Å²) in [5.74, 6) is 4.30. The number of hydrogen-bond donors (Lipinski definition) is 3. The summed E-state index contributed by atoms with van der Waals surface area (Å²) in [6, 6.07) is 0.760. The maximum Gasteiger partial charge on any atom is 0.0711 e. The molecule has 0 spiro atoms. The molecule has 0 aromatic heterocycles. The van der Waals surface area contributed by atoms with Gasteiger partial charge in [-0.15, -0.1) is 0 Å². The number of hydrogen-bond acceptors (Lipinski definition) is 4. The van der Waals surface area contributed by atoms with Gasteiger partial charge < -0.3 is 15.3 Å². The van der Waals surface area contributed by atoms with Crippen LogP contribution in [0.25, 0.3) is 0 Å². The molecule has 0 bridgehead atoms. The maximum atomic E-state index is 12.3. The Morgan fingerprint density at radius 2 is 1.58 bits per heavy atom. The SMILES string of the molecule is C[C@@H]1CC[C@@H]2[C@H](C)[C@@H]3CC[C@]4(O)[C@H](C[C@@H]5[C@@H]4C[C@H](O)[C@@H]4C[C@H](O)CC[C@]54C)[C@H]3CN2C1. The third-order valence-electron chi connectivity index (χ3n) is 12.1. The molecule has 2 heterocycles. The first-order valence-electron chi connectivity index (χ1n) is 13.5. The summed E-state index contributed by atoms with van der Waals surface area (Å²) < 4.78 is 0. The van der Waals surface area contributed by atoms with Gasteiger partial charge in [-0.1, -0.05) is 20.8 Å². The summed E-state index contributed by atoms with van der Waals surface area (Å²) >= 11 is 0. The summed E-state index contributed by atoms with van der Waals surface area (Å²) in [6.45, 7) is 9.76. The van der Waals surface area contributed by atoms with Gasteiger partial charge in [-0.25, -0.2) is 0 Å². The van der Waals surface area contributed by atoms with Gasteiger partial charge in [0.15, 0.2) is 0 Å². The minimum Gasteiger partial charge on any atom is -0.393 e. The fourth-order valence-electron chi connectivity index (χ4n) is 10.6. The van der Waals surface area contributed by atoms with Crippen molar-refractivity contribution in [3.05, 3.63) is 0 Å². The van der Waals surface area contributed by atoms with E-state index in [9.17, 15) is 15.3 Å². The quantitative estimate of drug-likeness (QED) is 0.547. The molecule has 2 saturated heterocycles. The van der Waals surface area contributed by atoms with Crippen LogP contribution in [0.15, 0.2) is 0 Å². The average molecular weight is 432 g/mol. The Labute approximate surface area is 188 Å². The Balaban J connectivity index is 1.32. The molecule has 31 heavy (non-hydrogen) atoms. The highest BCUT2D eigenvalue weighted by atomic mass is 16.3. The van der Waals surface area contributed by atoms with Gasteiger partial charge in [-0.3, -0.25) is 4.90 Å². The molecule has 4 saturated carbocycles. The molecule has 176 valence electrons. The topological polar surface area (TPSA) is 63.9 Å². The van der Waals surface area contributed by atoms with E-state index in [1.54, 1.807) is 0 Å². The third kappa shape index (κ3) is 2.93. The monoisotopic (exact) mass is 431 g/mol. The predicted octanol–water partition coefficient (Wildman–Crippen LogP) is 3.68. The van der Waals surface area contributed by atoms with Crippen LogP contribution in [-0.4, -0.2) is 57.2 Å². The first kappa shape index (κ1) is 21.4. The number of rotatable bonds is 0. The first-order chi connectivity index (χ1) is 14.7. The minimum atomic E-state index is -0.579. The molecule has 6 rings (SSSR count). The summed E-state index contributed by atoms with van der Waals surface area (Å²) in [5.41, 5.74) is -0.503. The van der Waals surface area contributed by atoms with Crippen molar-refractivity contribution < 1.29 is 15.3 Å². The van der Waals surface area contributed by atoms with E-state index in [2.05, 4.69) is 25.7 Å². The molecule has 6 fully saturated rings. The smallest absolute Gasteiger partial charge is 0.0711 e. The Bertz CT molecular complexity index is 713. The molecule has 0 radical (unpaired) electrons. The van der Waals surface area contributed by atoms with E-state index in [1.807, 2.05) is 0 Å². The van der Waals surface area contributed by atoms with Crippen molar-refractivity contribution in [1.82, 2.24) is 4.90 Å². The maximum absolute atomic E-state index is 12.3. The Hall–Kier alpha value is -0.160. The van der Waals surface area contributed by atoms with E-state index < -0.39 is 5.60 Å². The molecule has 4 heteroatoms. The average Bonchev–Trinajstić information content (AvgIpc) is 3.03. The molecule has 4 nitrogen and oxygen atoms in total. The predicted molar refractivity (Wildman–Crippen MR) is 121 cm³/mol. The highest BCUT2D eigenvalue weighted by Gasteiger charge is 2.67. The van der Waals surface area contributed by atoms with Crippen LogP contribution in [0, 0.1) is 52.8 Å². The molecule has 0 amide bonds. The van der Waals surface area contributed by atoms with Gasteiger partial charge in [0, 0.05) is 19.1 Å². The summed E-state index contributed by atoms with van der Waals surface area (Å²) in [5, 5.41) is 33.8. The standard InChI is InChI=1S/C27H45NO3/c1-15-4-5-24-16(2)18-7-9-27(31)20(19(18)14-28(24)13-15)11-21-22(27)12-25(30)23-10-17(29)6-8-26(21,23)3/h15-25,29-31H,4-14H2,1-3H3/t15-,16-,17-,18+,19+,20-,21-,22+,23+,24-,25+,26-,27+/m1/s1. The van der Waals surface area contributed by atoms with Crippen molar-refractivity contribution in [2.75, 3.05) is 13.1 Å². The lowest BCUT2D eigenvalue weighted by Crippen LogP contribution is -2.62. The normalized spacial score (nSPS) is 61.5. The van der Waals surface area contributed by atoms with Gasteiger partial charge in [-0.05, 0) is 111 Å². The summed E-state index contributed by atoms with van der Waals surface area (Å²) in [6.07, 6.45) is 8.78. The van der Waals surface area contributed by atoms with Crippen LogP contribution in [0.2, 0.25) is 0 Å². The molecule has 0 unspecified atom stereocenters. The number of piperidine rings is 2. The van der Waals surface area contributed by atoms with Crippen molar-refractivity contribution in [3.8, 4) is 0 Å². The Morgan fingerprint density at radius 3 is 2.39 bits per heavy atom. The first-order valence-corrected chi connectivity index (χ1v) is 13.5. The van der Waals surface area contributed by atoms with Crippen LogP contribution in [0.4, 0.5) is 0 Å². The van der Waals surface area contributed by atoms with Gasteiger partial charge >= 0.3 is 0 Å². The molecule has 2 aliphatic heterocycles. The molecule has 0 aromatic carbocycles. The third-order valence-corrected chi connectivity index (χ3v) is 12.1. The highest BCUT2D eigenvalue weighted by Crippen LogP contribution is 2.68. The zero-order valence-electron chi connectivity index (χ0n) is 19.9.